The van der Waals surface area contributed by atoms with E-state index in [2.05, 4.69) is 25.9 Å². The Kier molecular flexibility index (Phi) is 5.33. The normalized spacial score (nSPS) is 11.4. The molecule has 0 fully saturated rings. The Morgan fingerprint density at radius 1 is 1.03 bits per heavy atom. The number of rotatable bonds is 4. The summed E-state index contributed by atoms with van der Waals surface area (Å²) in [5.41, 5.74) is 1.77. The molecule has 4 rings (SSSR count). The zero-order chi connectivity index (χ0) is 20.4. The van der Waals surface area contributed by atoms with Crippen molar-refractivity contribution in [1.29, 1.82) is 0 Å². The number of fused-ring (bicyclic) bond motifs is 1. The quantitative estimate of drug-likeness (QED) is 0.500. The molecule has 0 aliphatic rings. The molecule has 0 unspecified atom stereocenters. The predicted octanol–water partition coefficient (Wildman–Crippen LogP) is 4.35. The Morgan fingerprint density at radius 2 is 1.86 bits per heavy atom. The number of aromatic nitrogens is 3. The second kappa shape index (κ2) is 8.06. The zero-order valence-corrected chi connectivity index (χ0v) is 16.7. The van der Waals surface area contributed by atoms with Crippen molar-refractivity contribution < 1.29 is 9.50 Å². The highest BCUT2D eigenvalue weighted by Gasteiger charge is 2.14. The average Bonchev–Trinajstić information content (AvgIpc) is 2.74. The molecule has 2 aromatic carbocycles. The molecular weight excluding hydrogens is 437 g/mol. The molecule has 7 heteroatoms. The Hall–Kier alpha value is -3.16. The van der Waals surface area contributed by atoms with Gasteiger partial charge in [0.2, 0.25) is 0 Å². The molecule has 0 bridgehead atoms. The van der Waals surface area contributed by atoms with Gasteiger partial charge in [0.15, 0.2) is 0 Å². The van der Waals surface area contributed by atoms with Crippen LogP contribution in [0.5, 0.6) is 0 Å². The highest BCUT2D eigenvalue weighted by Crippen LogP contribution is 2.22. The van der Waals surface area contributed by atoms with Crippen molar-refractivity contribution in [1.82, 2.24) is 14.5 Å². The topological polar surface area (TPSA) is 68.0 Å². The lowest BCUT2D eigenvalue weighted by Crippen LogP contribution is -2.22. The molecule has 0 aliphatic carbocycles. The Morgan fingerprint density at radius 3 is 2.66 bits per heavy atom. The van der Waals surface area contributed by atoms with E-state index in [0.29, 0.717) is 32.9 Å². The van der Waals surface area contributed by atoms with Crippen molar-refractivity contribution in [3.8, 4) is 5.69 Å². The molecule has 4 aromatic rings. The first-order valence-corrected chi connectivity index (χ1v) is 9.58. The van der Waals surface area contributed by atoms with Gasteiger partial charge in [-0.15, -0.1) is 0 Å². The molecule has 2 heterocycles. The number of benzene rings is 2. The molecule has 0 radical (unpaired) electrons. The van der Waals surface area contributed by atoms with Crippen LogP contribution in [0.2, 0.25) is 0 Å². The van der Waals surface area contributed by atoms with E-state index in [0.717, 1.165) is 0 Å². The van der Waals surface area contributed by atoms with Crippen LogP contribution in [0.3, 0.4) is 0 Å². The maximum absolute atomic E-state index is 13.7. The first kappa shape index (κ1) is 19.2. The first-order chi connectivity index (χ1) is 14.1. The summed E-state index contributed by atoms with van der Waals surface area (Å²) in [6.45, 7) is -0.164. The zero-order valence-electron chi connectivity index (χ0n) is 15.1. The van der Waals surface area contributed by atoms with E-state index >= 15 is 0 Å². The second-order valence-electron chi connectivity index (χ2n) is 6.27. The largest absolute Gasteiger partial charge is 0.390 e. The molecule has 144 valence electrons. The van der Waals surface area contributed by atoms with E-state index in [-0.39, 0.29) is 17.6 Å². The van der Waals surface area contributed by atoms with E-state index in [9.17, 15) is 14.3 Å². The van der Waals surface area contributed by atoms with Gasteiger partial charge in [0.25, 0.3) is 5.56 Å². The highest BCUT2D eigenvalue weighted by atomic mass is 79.9. The van der Waals surface area contributed by atoms with Crippen LogP contribution in [0.25, 0.3) is 28.7 Å². The van der Waals surface area contributed by atoms with Crippen LogP contribution in [-0.4, -0.2) is 19.6 Å². The standard InChI is InChI=1S/C22H15BrFN3O2/c23-18-6-1-2-7-20(18)27-21(11-9-15-4-3-5-16(13-28)25-15)26-19-10-8-14(24)12-17(19)22(27)29/h1-12,28H,13H2. The van der Waals surface area contributed by atoms with Gasteiger partial charge in [-0.05, 0) is 70.5 Å². The summed E-state index contributed by atoms with van der Waals surface area (Å²) < 4.78 is 15.9. The molecule has 2 aromatic heterocycles. The van der Waals surface area contributed by atoms with E-state index in [1.165, 1.54) is 22.8 Å². The van der Waals surface area contributed by atoms with Gasteiger partial charge in [0, 0.05) is 4.47 Å². The minimum atomic E-state index is -0.497. The Balaban J connectivity index is 1.95. The lowest BCUT2D eigenvalue weighted by atomic mass is 10.2. The van der Waals surface area contributed by atoms with Gasteiger partial charge >= 0.3 is 0 Å². The van der Waals surface area contributed by atoms with Crippen molar-refractivity contribution in [2.24, 2.45) is 0 Å². The first-order valence-electron chi connectivity index (χ1n) is 8.79. The molecule has 0 saturated carbocycles. The summed E-state index contributed by atoms with van der Waals surface area (Å²) in [7, 11) is 0. The molecular formula is C22H15BrFN3O2. The predicted molar refractivity (Wildman–Crippen MR) is 114 cm³/mol. The summed E-state index contributed by atoms with van der Waals surface area (Å²) in [5.74, 6) is -0.124. The third-order valence-corrected chi connectivity index (χ3v) is 5.01. The van der Waals surface area contributed by atoms with Gasteiger partial charge in [-0.25, -0.2) is 9.37 Å². The number of pyridine rings is 1. The fourth-order valence-corrected chi connectivity index (χ4v) is 3.45. The molecule has 0 saturated heterocycles. The molecule has 0 atom stereocenters. The van der Waals surface area contributed by atoms with Gasteiger partial charge in [0.05, 0.1) is 34.6 Å². The number of halogens is 2. The van der Waals surface area contributed by atoms with E-state index in [4.69, 9.17) is 0 Å². The fourth-order valence-electron chi connectivity index (χ4n) is 2.99. The van der Waals surface area contributed by atoms with Crippen molar-refractivity contribution in [2.75, 3.05) is 0 Å². The SMILES string of the molecule is O=c1c2cc(F)ccc2nc(C=Cc2cccc(CO)n2)n1-c1ccccc1Br. The highest BCUT2D eigenvalue weighted by molar-refractivity contribution is 9.10. The summed E-state index contributed by atoms with van der Waals surface area (Å²) in [6.07, 6.45) is 3.39. The van der Waals surface area contributed by atoms with Crippen LogP contribution in [0, 0.1) is 5.82 Å². The van der Waals surface area contributed by atoms with Crippen molar-refractivity contribution in [2.45, 2.75) is 6.61 Å². The number of nitrogens with zero attached hydrogens (tertiary/aromatic N) is 3. The molecule has 29 heavy (non-hydrogen) atoms. The maximum atomic E-state index is 13.7. The van der Waals surface area contributed by atoms with Gasteiger partial charge in [0.1, 0.15) is 11.6 Å². The molecule has 1 N–H and O–H groups in total. The molecule has 5 nitrogen and oxygen atoms in total. The van der Waals surface area contributed by atoms with Gasteiger partial charge in [-0.2, -0.15) is 0 Å². The number of hydrogen-bond acceptors (Lipinski definition) is 4. The van der Waals surface area contributed by atoms with Crippen LogP contribution >= 0.6 is 15.9 Å². The van der Waals surface area contributed by atoms with Crippen molar-refractivity contribution >= 4 is 39.0 Å². The summed E-state index contributed by atoms with van der Waals surface area (Å²) >= 11 is 3.47. The Labute approximate surface area is 173 Å². The molecule has 0 spiro atoms. The number of aliphatic hydroxyl groups is 1. The van der Waals surface area contributed by atoms with Gasteiger partial charge < -0.3 is 5.11 Å². The summed E-state index contributed by atoms with van der Waals surface area (Å²) in [6, 6.07) is 16.5. The van der Waals surface area contributed by atoms with Gasteiger partial charge in [-0.3, -0.25) is 14.3 Å². The number of aliphatic hydroxyl groups excluding tert-OH is 1. The van der Waals surface area contributed by atoms with Crippen molar-refractivity contribution in [3.63, 3.8) is 0 Å². The monoisotopic (exact) mass is 451 g/mol. The van der Waals surface area contributed by atoms with Crippen LogP contribution in [0.4, 0.5) is 4.39 Å². The van der Waals surface area contributed by atoms with Crippen LogP contribution in [-0.2, 0) is 6.61 Å². The Bertz CT molecular complexity index is 1300. The molecule has 0 amide bonds. The van der Waals surface area contributed by atoms with Crippen LogP contribution in [0.1, 0.15) is 17.2 Å². The third kappa shape index (κ3) is 3.87. The lowest BCUT2D eigenvalue weighted by molar-refractivity contribution is 0.277. The minimum absolute atomic E-state index is 0.164. The number of hydrogen-bond donors (Lipinski definition) is 1. The van der Waals surface area contributed by atoms with E-state index in [1.54, 1.807) is 36.4 Å². The molecule has 0 aliphatic heterocycles. The maximum Gasteiger partial charge on any atom is 0.266 e. The van der Waals surface area contributed by atoms with Crippen LogP contribution in [0.15, 0.2) is 69.9 Å². The average molecular weight is 452 g/mol. The van der Waals surface area contributed by atoms with E-state index < -0.39 is 5.82 Å². The van der Waals surface area contributed by atoms with Crippen molar-refractivity contribution in [3.05, 3.63) is 98.5 Å². The number of para-hydroxylation sites is 1. The second-order valence-corrected chi connectivity index (χ2v) is 7.12. The van der Waals surface area contributed by atoms with Crippen LogP contribution < -0.4 is 5.56 Å². The van der Waals surface area contributed by atoms with Gasteiger partial charge in [-0.1, -0.05) is 18.2 Å². The summed E-state index contributed by atoms with van der Waals surface area (Å²) in [4.78, 5) is 22.1. The minimum Gasteiger partial charge on any atom is -0.390 e. The third-order valence-electron chi connectivity index (χ3n) is 4.34. The van der Waals surface area contributed by atoms with E-state index in [1.807, 2.05) is 18.2 Å². The fraction of sp³-hybridized carbons (Fsp3) is 0.0455. The lowest BCUT2D eigenvalue weighted by Gasteiger charge is -2.13. The smallest absolute Gasteiger partial charge is 0.266 e. The summed E-state index contributed by atoms with van der Waals surface area (Å²) in [5, 5.41) is 9.46.